The van der Waals surface area contributed by atoms with E-state index in [4.69, 9.17) is 17.3 Å². The second-order valence-electron chi connectivity index (χ2n) is 10.3. The number of sulfonamides is 1. The molecule has 7 nitrogen and oxygen atoms in total. The van der Waals surface area contributed by atoms with Crippen LogP contribution in [0.4, 0.5) is 4.39 Å². The van der Waals surface area contributed by atoms with Crippen LogP contribution in [0.5, 0.6) is 0 Å². The van der Waals surface area contributed by atoms with Gasteiger partial charge in [-0.1, -0.05) is 71.7 Å². The van der Waals surface area contributed by atoms with Crippen LogP contribution in [0.15, 0.2) is 93.8 Å². The fourth-order valence-electron chi connectivity index (χ4n) is 4.98. The molecule has 3 aromatic rings. The number of carbonyl (C=O) groups excluding carboxylic acids is 2. The van der Waals surface area contributed by atoms with E-state index < -0.39 is 45.8 Å². The quantitative estimate of drug-likeness (QED) is 0.290. The molecule has 216 valence electrons. The molecular weight excluding hydrogens is 633 g/mol. The van der Waals surface area contributed by atoms with Crippen molar-refractivity contribution in [3.8, 4) is 0 Å². The summed E-state index contributed by atoms with van der Waals surface area (Å²) in [5.74, 6) is -1.83. The molecule has 11 heteroatoms. The van der Waals surface area contributed by atoms with Crippen molar-refractivity contribution >= 4 is 49.4 Å². The molecule has 0 aromatic heterocycles. The van der Waals surface area contributed by atoms with Gasteiger partial charge in [-0.05, 0) is 78.4 Å². The lowest BCUT2D eigenvalue weighted by Crippen LogP contribution is -2.49. The molecule has 1 aliphatic rings. The van der Waals surface area contributed by atoms with Crippen LogP contribution in [-0.2, 0) is 19.6 Å². The average molecular weight is 663 g/mol. The van der Waals surface area contributed by atoms with Crippen LogP contribution in [0, 0.1) is 11.7 Å². The van der Waals surface area contributed by atoms with E-state index in [2.05, 4.69) is 21.2 Å². The summed E-state index contributed by atoms with van der Waals surface area (Å²) in [7, 11) is -4.33. The molecule has 0 fully saturated rings. The summed E-state index contributed by atoms with van der Waals surface area (Å²) in [4.78, 5) is 25.9. The summed E-state index contributed by atoms with van der Waals surface area (Å²) in [5, 5.41) is 3.07. The minimum Gasteiger partial charge on any atom is -0.368 e. The van der Waals surface area contributed by atoms with Gasteiger partial charge in [0.2, 0.25) is 21.8 Å². The summed E-state index contributed by atoms with van der Waals surface area (Å²) >= 11 is 9.81. The van der Waals surface area contributed by atoms with Crippen LogP contribution >= 0.6 is 27.5 Å². The first-order valence-electron chi connectivity index (χ1n) is 13.0. The number of nitrogens with zero attached hydrogens (tertiary/aromatic N) is 1. The van der Waals surface area contributed by atoms with Crippen molar-refractivity contribution in [1.82, 2.24) is 9.62 Å². The van der Waals surface area contributed by atoms with Gasteiger partial charge in [-0.15, -0.1) is 0 Å². The number of carbonyl (C=O) groups is 2. The van der Waals surface area contributed by atoms with Gasteiger partial charge in [-0.3, -0.25) is 9.59 Å². The van der Waals surface area contributed by atoms with Crippen LogP contribution < -0.4 is 11.1 Å². The highest BCUT2D eigenvalue weighted by Gasteiger charge is 2.45. The summed E-state index contributed by atoms with van der Waals surface area (Å²) in [6, 6.07) is 15.6. The number of primary amides is 1. The zero-order valence-electron chi connectivity index (χ0n) is 22.4. The number of hydrogen-bond donors (Lipinski definition) is 2. The van der Waals surface area contributed by atoms with Gasteiger partial charge in [0, 0.05) is 15.1 Å². The predicted molar refractivity (Wildman–Crippen MR) is 160 cm³/mol. The van der Waals surface area contributed by atoms with E-state index in [1.165, 1.54) is 16.4 Å². The third-order valence-electron chi connectivity index (χ3n) is 6.82. The molecule has 2 amide bonds. The first kappa shape index (κ1) is 30.9. The van der Waals surface area contributed by atoms with E-state index in [0.29, 0.717) is 22.6 Å². The lowest BCUT2D eigenvalue weighted by atomic mass is 9.88. The lowest BCUT2D eigenvalue weighted by molar-refractivity contribution is -0.126. The minimum atomic E-state index is -4.33. The highest BCUT2D eigenvalue weighted by atomic mass is 79.9. The Bertz CT molecular complexity index is 1580. The van der Waals surface area contributed by atoms with Crippen molar-refractivity contribution in [1.29, 1.82) is 0 Å². The van der Waals surface area contributed by atoms with Crippen molar-refractivity contribution in [3.05, 3.63) is 111 Å². The first-order chi connectivity index (χ1) is 19.4. The number of hydrogen-bond acceptors (Lipinski definition) is 4. The summed E-state index contributed by atoms with van der Waals surface area (Å²) in [6.07, 6.45) is 2.16. The second-order valence-corrected chi connectivity index (χ2v) is 13.5. The van der Waals surface area contributed by atoms with Gasteiger partial charge in [-0.2, -0.15) is 4.31 Å². The molecule has 0 spiro atoms. The number of rotatable bonds is 9. The number of nitrogens with two attached hydrogens (primary N) is 1. The lowest BCUT2D eigenvalue weighted by Gasteiger charge is -2.41. The molecule has 3 atom stereocenters. The first-order valence-corrected chi connectivity index (χ1v) is 15.6. The maximum Gasteiger partial charge on any atom is 0.249 e. The molecule has 41 heavy (non-hydrogen) atoms. The SMILES string of the molecule is CC(C)C[C@H](NC(=O)C1=CCC(c2cccc(Br)c2)N(S(=O)(=O)c2ccc(F)cc2)C1c1cccc(Cl)c1)C(N)=O. The van der Waals surface area contributed by atoms with Crippen LogP contribution in [-0.4, -0.2) is 30.6 Å². The molecule has 0 radical (unpaired) electrons. The second kappa shape index (κ2) is 12.9. The van der Waals surface area contributed by atoms with E-state index in [1.54, 1.807) is 36.4 Å². The zero-order valence-corrected chi connectivity index (χ0v) is 25.6. The Morgan fingerprint density at radius 3 is 2.34 bits per heavy atom. The highest BCUT2D eigenvalue weighted by Crippen LogP contribution is 2.46. The Balaban J connectivity index is 1.93. The standard InChI is InChI=1S/C30H30BrClFN3O4S/c1-18(2)15-26(29(34)37)35-30(38)25-13-14-27(19-5-3-7-21(31)16-19)36(28(25)20-6-4-8-22(32)17-20)41(39,40)24-11-9-23(33)10-12-24/h3-13,16-18,26-28H,14-15H2,1-2H3,(H2,34,37)(H,35,38)/t26-,27?,28?/m0/s1. The highest BCUT2D eigenvalue weighted by molar-refractivity contribution is 9.10. The molecule has 2 unspecified atom stereocenters. The van der Waals surface area contributed by atoms with Gasteiger partial charge in [0.1, 0.15) is 11.9 Å². The summed E-state index contributed by atoms with van der Waals surface area (Å²) < 4.78 is 44.6. The zero-order chi connectivity index (χ0) is 29.9. The molecule has 1 heterocycles. The molecule has 3 N–H and O–H groups in total. The number of halogens is 3. The van der Waals surface area contributed by atoms with Crippen molar-refractivity contribution in [2.45, 2.75) is 49.7 Å². The van der Waals surface area contributed by atoms with Crippen LogP contribution in [0.2, 0.25) is 5.02 Å². The Hall–Kier alpha value is -3.05. The molecule has 0 aliphatic carbocycles. The molecule has 4 rings (SSSR count). The molecule has 0 bridgehead atoms. The molecular formula is C30H30BrClFN3O4S. The van der Waals surface area contributed by atoms with Gasteiger partial charge in [0.15, 0.2) is 0 Å². The van der Waals surface area contributed by atoms with Gasteiger partial charge < -0.3 is 11.1 Å². The van der Waals surface area contributed by atoms with Crippen molar-refractivity contribution in [2.75, 3.05) is 0 Å². The number of benzene rings is 3. The van der Waals surface area contributed by atoms with E-state index in [-0.39, 0.29) is 22.8 Å². The fraction of sp³-hybridized carbons (Fsp3) is 0.267. The third-order valence-corrected chi connectivity index (χ3v) is 9.44. The van der Waals surface area contributed by atoms with Gasteiger partial charge in [0.05, 0.1) is 17.0 Å². The number of nitrogens with one attached hydrogen (secondary N) is 1. The van der Waals surface area contributed by atoms with Crippen molar-refractivity contribution in [3.63, 3.8) is 0 Å². The number of amides is 2. The monoisotopic (exact) mass is 661 g/mol. The Labute approximate surface area is 252 Å². The van der Waals surface area contributed by atoms with Gasteiger partial charge >= 0.3 is 0 Å². The van der Waals surface area contributed by atoms with Crippen LogP contribution in [0.1, 0.15) is 49.9 Å². The van der Waals surface area contributed by atoms with Crippen LogP contribution in [0.25, 0.3) is 0 Å². The maximum absolute atomic E-state index is 14.4. The summed E-state index contributed by atoms with van der Waals surface area (Å²) in [5.41, 5.74) is 6.85. The molecule has 1 aliphatic heterocycles. The molecule has 3 aromatic carbocycles. The van der Waals surface area contributed by atoms with Crippen molar-refractivity contribution in [2.24, 2.45) is 11.7 Å². The molecule has 0 saturated carbocycles. The Kier molecular flexibility index (Phi) is 9.69. The normalized spacial score (nSPS) is 18.5. The van der Waals surface area contributed by atoms with E-state index in [0.717, 1.165) is 16.6 Å². The maximum atomic E-state index is 14.4. The van der Waals surface area contributed by atoms with Crippen LogP contribution in [0.3, 0.4) is 0 Å². The van der Waals surface area contributed by atoms with Gasteiger partial charge in [0.25, 0.3) is 0 Å². The smallest absolute Gasteiger partial charge is 0.249 e. The van der Waals surface area contributed by atoms with E-state index >= 15 is 0 Å². The van der Waals surface area contributed by atoms with Crippen molar-refractivity contribution < 1.29 is 22.4 Å². The third kappa shape index (κ3) is 7.06. The largest absolute Gasteiger partial charge is 0.368 e. The topological polar surface area (TPSA) is 110 Å². The van der Waals surface area contributed by atoms with Gasteiger partial charge in [-0.25, -0.2) is 12.8 Å². The molecule has 0 saturated heterocycles. The van der Waals surface area contributed by atoms with E-state index in [1.807, 2.05) is 32.0 Å². The Morgan fingerprint density at radius 2 is 1.73 bits per heavy atom. The van der Waals surface area contributed by atoms with E-state index in [9.17, 15) is 22.4 Å². The fourth-order valence-corrected chi connectivity index (χ4v) is 7.38. The Morgan fingerprint density at radius 1 is 1.07 bits per heavy atom. The average Bonchev–Trinajstić information content (AvgIpc) is 2.91. The predicted octanol–water partition coefficient (Wildman–Crippen LogP) is 6.06. The summed E-state index contributed by atoms with van der Waals surface area (Å²) in [6.45, 7) is 3.80. The minimum absolute atomic E-state index is 0.0631.